The lowest BCUT2D eigenvalue weighted by molar-refractivity contribution is 0.0520. The molecule has 1 aliphatic rings. The van der Waals surface area contributed by atoms with Crippen molar-refractivity contribution in [2.45, 2.75) is 13.0 Å². The molecule has 3 aromatic carbocycles. The van der Waals surface area contributed by atoms with Crippen molar-refractivity contribution in [1.29, 1.82) is 0 Å². The van der Waals surface area contributed by atoms with Gasteiger partial charge in [-0.15, -0.1) is 0 Å². The van der Waals surface area contributed by atoms with Gasteiger partial charge < -0.3 is 28.6 Å². The van der Waals surface area contributed by atoms with Gasteiger partial charge in [0.2, 0.25) is 0 Å². The molecule has 0 saturated heterocycles. The van der Waals surface area contributed by atoms with E-state index in [2.05, 4.69) is 0 Å². The van der Waals surface area contributed by atoms with Crippen LogP contribution in [0.5, 0.6) is 28.7 Å². The van der Waals surface area contributed by atoms with Crippen LogP contribution < -0.4 is 23.7 Å². The number of benzene rings is 3. The van der Waals surface area contributed by atoms with E-state index < -0.39 is 0 Å². The Bertz CT molecular complexity index is 1090. The van der Waals surface area contributed by atoms with Crippen LogP contribution in [0.2, 0.25) is 0 Å². The number of carbonyl (C=O) groups excluding carboxylic acids is 1. The van der Waals surface area contributed by atoms with Gasteiger partial charge in [-0.2, -0.15) is 0 Å². The molecule has 0 N–H and O–H groups in total. The van der Waals surface area contributed by atoms with Crippen molar-refractivity contribution in [3.05, 3.63) is 78.4 Å². The number of fused-ring (bicyclic) bond motifs is 1. The summed E-state index contributed by atoms with van der Waals surface area (Å²) in [7, 11) is 1.75. The molecule has 0 bridgehead atoms. The van der Waals surface area contributed by atoms with E-state index in [-0.39, 0.29) is 12.0 Å². The van der Waals surface area contributed by atoms with Crippen molar-refractivity contribution in [3.63, 3.8) is 0 Å². The third-order valence-electron chi connectivity index (χ3n) is 5.24. The van der Waals surface area contributed by atoms with Crippen LogP contribution in [0, 0.1) is 0 Å². The minimum atomic E-state index is -0.248. The van der Waals surface area contributed by atoms with Gasteiger partial charge in [-0.05, 0) is 49.4 Å². The Hall–Kier alpha value is -3.87. The van der Waals surface area contributed by atoms with E-state index >= 15 is 0 Å². The maximum atomic E-state index is 13.1. The van der Waals surface area contributed by atoms with Crippen molar-refractivity contribution in [2.24, 2.45) is 0 Å². The van der Waals surface area contributed by atoms with Crippen LogP contribution in [-0.2, 0) is 0 Å². The van der Waals surface area contributed by atoms with E-state index in [9.17, 15) is 4.79 Å². The van der Waals surface area contributed by atoms with Gasteiger partial charge in [0.05, 0.1) is 13.2 Å². The van der Waals surface area contributed by atoms with Gasteiger partial charge in [0.25, 0.3) is 5.91 Å². The van der Waals surface area contributed by atoms with Gasteiger partial charge in [0.15, 0.2) is 29.1 Å². The normalized spacial score (nSPS) is 14.2. The average molecular weight is 464 g/mol. The number of ether oxygens (including phenoxy) is 5. The molecule has 3 aromatic rings. The Morgan fingerprint density at radius 3 is 2.44 bits per heavy atom. The molecule has 0 spiro atoms. The van der Waals surface area contributed by atoms with E-state index in [0.29, 0.717) is 55.8 Å². The quantitative estimate of drug-likeness (QED) is 0.414. The minimum absolute atomic E-state index is 0.137. The fourth-order valence-corrected chi connectivity index (χ4v) is 3.62. The third kappa shape index (κ3) is 5.92. The molecule has 0 radical (unpaired) electrons. The number of para-hydroxylation sites is 3. The highest BCUT2D eigenvalue weighted by atomic mass is 16.6. The topological polar surface area (TPSA) is 66.5 Å². The van der Waals surface area contributed by atoms with Crippen molar-refractivity contribution >= 4 is 5.91 Å². The second-order valence-corrected chi connectivity index (χ2v) is 7.79. The predicted octanol–water partition coefficient (Wildman–Crippen LogP) is 4.46. The van der Waals surface area contributed by atoms with Gasteiger partial charge >= 0.3 is 0 Å². The molecule has 7 nitrogen and oxygen atoms in total. The first-order chi connectivity index (χ1) is 16.6. The van der Waals surface area contributed by atoms with Gasteiger partial charge in [0, 0.05) is 12.6 Å². The lowest BCUT2D eigenvalue weighted by Gasteiger charge is -2.29. The maximum Gasteiger partial charge on any atom is 0.253 e. The van der Waals surface area contributed by atoms with E-state index in [1.165, 1.54) is 0 Å². The molecule has 0 aromatic heterocycles. The number of hydrogen-bond acceptors (Lipinski definition) is 6. The predicted molar refractivity (Wildman–Crippen MR) is 128 cm³/mol. The summed E-state index contributed by atoms with van der Waals surface area (Å²) < 4.78 is 29.0. The number of carbonyl (C=O) groups is 1. The molecule has 1 aliphatic heterocycles. The summed E-state index contributed by atoms with van der Waals surface area (Å²) in [5.74, 6) is 3.15. The summed E-state index contributed by atoms with van der Waals surface area (Å²) in [6.07, 6.45) is -0.248. The molecule has 0 saturated carbocycles. The number of likely N-dealkylation sites (N-methyl/N-ethyl adjacent to an activating group) is 1. The first-order valence-corrected chi connectivity index (χ1v) is 11.4. The van der Waals surface area contributed by atoms with Gasteiger partial charge in [-0.1, -0.05) is 30.3 Å². The van der Waals surface area contributed by atoms with Crippen molar-refractivity contribution < 1.29 is 28.5 Å². The standard InChI is InChI=1S/C27H29NO6/c1-3-30-26-17-20(13-14-24(26)32-16-15-31-21-9-5-4-6-10-21)27(29)28(2)18-22-19-33-23-11-7-8-12-25(23)34-22/h4-14,17,22H,3,15-16,18-19H2,1-2H3. The second-order valence-electron chi connectivity index (χ2n) is 7.79. The zero-order valence-corrected chi connectivity index (χ0v) is 19.4. The fraction of sp³-hybridized carbons (Fsp3) is 0.296. The molecule has 1 unspecified atom stereocenters. The number of nitrogens with zero attached hydrogens (tertiary/aromatic N) is 1. The minimum Gasteiger partial charge on any atom is -0.490 e. The zero-order valence-electron chi connectivity index (χ0n) is 19.4. The van der Waals surface area contributed by atoms with Crippen molar-refractivity contribution in [3.8, 4) is 28.7 Å². The first-order valence-electron chi connectivity index (χ1n) is 11.4. The lowest BCUT2D eigenvalue weighted by atomic mass is 10.1. The van der Waals surface area contributed by atoms with Crippen LogP contribution >= 0.6 is 0 Å². The largest absolute Gasteiger partial charge is 0.490 e. The Balaban J connectivity index is 1.34. The highest BCUT2D eigenvalue weighted by Gasteiger charge is 2.24. The Morgan fingerprint density at radius 2 is 1.65 bits per heavy atom. The van der Waals surface area contributed by atoms with Crippen LogP contribution in [0.1, 0.15) is 17.3 Å². The van der Waals surface area contributed by atoms with Crippen molar-refractivity contribution in [1.82, 2.24) is 4.90 Å². The van der Waals surface area contributed by atoms with Crippen LogP contribution in [0.15, 0.2) is 72.8 Å². The third-order valence-corrected chi connectivity index (χ3v) is 5.24. The maximum absolute atomic E-state index is 13.1. The lowest BCUT2D eigenvalue weighted by Crippen LogP contribution is -2.41. The Kier molecular flexibility index (Phi) is 7.75. The summed E-state index contributed by atoms with van der Waals surface area (Å²) in [5.41, 5.74) is 0.510. The van der Waals surface area contributed by atoms with Gasteiger partial charge in [0.1, 0.15) is 25.6 Å². The van der Waals surface area contributed by atoms with E-state index in [1.807, 2.05) is 61.5 Å². The Labute approximate surface area is 199 Å². The van der Waals surface area contributed by atoms with Crippen LogP contribution in [0.25, 0.3) is 0 Å². The summed E-state index contributed by atoms with van der Waals surface area (Å²) >= 11 is 0. The summed E-state index contributed by atoms with van der Waals surface area (Å²) in [4.78, 5) is 14.7. The SMILES string of the molecule is CCOc1cc(C(=O)N(C)CC2COc3ccccc3O2)ccc1OCCOc1ccccc1. The van der Waals surface area contributed by atoms with Crippen molar-refractivity contribution in [2.75, 3.05) is 40.0 Å². The highest BCUT2D eigenvalue weighted by molar-refractivity contribution is 5.94. The monoisotopic (exact) mass is 463 g/mol. The molecule has 7 heteroatoms. The smallest absolute Gasteiger partial charge is 0.253 e. The van der Waals surface area contributed by atoms with E-state index in [4.69, 9.17) is 23.7 Å². The molecule has 4 rings (SSSR count). The zero-order chi connectivity index (χ0) is 23.8. The summed E-state index contributed by atoms with van der Waals surface area (Å²) in [6, 6.07) is 22.3. The first kappa shape index (κ1) is 23.3. The summed E-state index contributed by atoms with van der Waals surface area (Å²) in [5, 5.41) is 0. The molecule has 1 heterocycles. The average Bonchev–Trinajstić information content (AvgIpc) is 2.87. The van der Waals surface area contributed by atoms with Gasteiger partial charge in [-0.3, -0.25) is 4.79 Å². The molecule has 0 fully saturated rings. The number of hydrogen-bond donors (Lipinski definition) is 0. The van der Waals surface area contributed by atoms with Crippen LogP contribution in [-0.4, -0.2) is 56.9 Å². The molecule has 34 heavy (non-hydrogen) atoms. The molecule has 1 amide bonds. The van der Waals surface area contributed by atoms with Crippen LogP contribution in [0.4, 0.5) is 0 Å². The molecular weight excluding hydrogens is 434 g/mol. The Morgan fingerprint density at radius 1 is 0.912 bits per heavy atom. The number of rotatable bonds is 10. The van der Waals surface area contributed by atoms with Crippen LogP contribution in [0.3, 0.4) is 0 Å². The number of amides is 1. The van der Waals surface area contributed by atoms with Gasteiger partial charge in [-0.25, -0.2) is 0 Å². The molecule has 0 aliphatic carbocycles. The molecule has 1 atom stereocenters. The second kappa shape index (κ2) is 11.3. The van der Waals surface area contributed by atoms with E-state index in [1.54, 1.807) is 30.1 Å². The van der Waals surface area contributed by atoms with E-state index in [0.717, 1.165) is 11.5 Å². The fourth-order valence-electron chi connectivity index (χ4n) is 3.62. The summed E-state index contributed by atoms with van der Waals surface area (Å²) in [6.45, 7) is 3.87. The molecular formula is C27H29NO6. The highest BCUT2D eigenvalue weighted by Crippen LogP contribution is 2.32. The molecule has 178 valence electrons.